The number of nitrogens with zero attached hydrogens (tertiary/aromatic N) is 1. The van der Waals surface area contributed by atoms with E-state index in [4.69, 9.17) is 4.74 Å². The molecule has 1 heterocycles. The third-order valence-electron chi connectivity index (χ3n) is 4.25. The molecule has 2 aromatic carbocycles. The smallest absolute Gasteiger partial charge is 0.269 e. The van der Waals surface area contributed by atoms with Crippen molar-refractivity contribution < 1.29 is 9.53 Å². The molecule has 27 heavy (non-hydrogen) atoms. The first-order valence-corrected chi connectivity index (χ1v) is 9.90. The van der Waals surface area contributed by atoms with Crippen LogP contribution < -0.4 is 15.6 Å². The molecule has 6 heteroatoms. The van der Waals surface area contributed by atoms with E-state index >= 15 is 0 Å². The predicted octanol–water partition coefficient (Wildman–Crippen LogP) is 4.12. The molecule has 0 fully saturated rings. The molecule has 3 rings (SSSR count). The number of fused-ring (bicyclic) bond motifs is 1. The normalized spacial score (nSPS) is 12.3. The lowest BCUT2D eigenvalue weighted by atomic mass is 10.2. The SMILES string of the molecule is CC[C@@H](C(=O)NCc1ccc(OC(C)C)cc1)n1sc2ccccc2c1=O. The summed E-state index contributed by atoms with van der Waals surface area (Å²) in [5, 5.41) is 3.61. The van der Waals surface area contributed by atoms with Crippen molar-refractivity contribution in [1.82, 2.24) is 9.27 Å². The summed E-state index contributed by atoms with van der Waals surface area (Å²) in [6, 6.07) is 14.6. The van der Waals surface area contributed by atoms with Crippen molar-refractivity contribution in [3.05, 3.63) is 64.4 Å². The highest BCUT2D eigenvalue weighted by Crippen LogP contribution is 2.22. The molecule has 1 atom stereocenters. The summed E-state index contributed by atoms with van der Waals surface area (Å²) in [4.78, 5) is 25.3. The third kappa shape index (κ3) is 4.39. The van der Waals surface area contributed by atoms with Gasteiger partial charge in [-0.2, -0.15) is 0 Å². The van der Waals surface area contributed by atoms with E-state index in [9.17, 15) is 9.59 Å². The second-order valence-electron chi connectivity index (χ2n) is 6.67. The summed E-state index contributed by atoms with van der Waals surface area (Å²) in [6.45, 7) is 6.29. The second kappa shape index (κ2) is 8.39. The molecule has 0 aliphatic rings. The predicted molar refractivity (Wildman–Crippen MR) is 109 cm³/mol. The number of hydrogen-bond donors (Lipinski definition) is 1. The summed E-state index contributed by atoms with van der Waals surface area (Å²) in [6.07, 6.45) is 0.681. The van der Waals surface area contributed by atoms with Gasteiger partial charge in [0.25, 0.3) is 5.56 Å². The zero-order valence-electron chi connectivity index (χ0n) is 15.8. The monoisotopic (exact) mass is 384 g/mol. The lowest BCUT2D eigenvalue weighted by molar-refractivity contribution is -0.124. The molecular formula is C21H24N2O3S. The van der Waals surface area contributed by atoms with E-state index in [0.29, 0.717) is 18.4 Å². The Morgan fingerprint density at radius 3 is 2.48 bits per heavy atom. The molecule has 3 aromatic rings. The van der Waals surface area contributed by atoms with Crippen LogP contribution in [0, 0.1) is 0 Å². The molecule has 0 spiro atoms. The van der Waals surface area contributed by atoms with Crippen molar-refractivity contribution in [2.24, 2.45) is 0 Å². The van der Waals surface area contributed by atoms with E-state index in [1.54, 1.807) is 10.0 Å². The van der Waals surface area contributed by atoms with Crippen molar-refractivity contribution >= 4 is 27.5 Å². The maximum atomic E-state index is 12.7. The molecule has 1 amide bonds. The highest BCUT2D eigenvalue weighted by molar-refractivity contribution is 7.14. The van der Waals surface area contributed by atoms with E-state index in [2.05, 4.69) is 5.32 Å². The van der Waals surface area contributed by atoms with Crippen LogP contribution >= 0.6 is 11.5 Å². The summed E-state index contributed by atoms with van der Waals surface area (Å²) in [7, 11) is 0. The van der Waals surface area contributed by atoms with Gasteiger partial charge in [0.15, 0.2) is 0 Å². The zero-order chi connectivity index (χ0) is 19.4. The summed E-state index contributed by atoms with van der Waals surface area (Å²) < 4.78 is 8.11. The molecule has 0 saturated carbocycles. The Bertz CT molecular complexity index is 973. The largest absolute Gasteiger partial charge is 0.491 e. The second-order valence-corrected chi connectivity index (χ2v) is 7.69. The molecule has 0 radical (unpaired) electrons. The molecule has 142 valence electrons. The standard InChI is InChI=1S/C21H24N2O3S/c1-4-18(23-21(25)17-7-5-6-8-19(17)27-23)20(24)22-13-15-9-11-16(12-10-15)26-14(2)3/h5-12,14,18H,4,13H2,1-3H3,(H,22,24)/t18-/m0/s1. The Labute approximate surface area is 162 Å². The van der Waals surface area contributed by atoms with Gasteiger partial charge in [-0.3, -0.25) is 13.5 Å². The van der Waals surface area contributed by atoms with Crippen molar-refractivity contribution in [2.45, 2.75) is 45.9 Å². The van der Waals surface area contributed by atoms with Crippen molar-refractivity contribution in [1.29, 1.82) is 0 Å². The van der Waals surface area contributed by atoms with E-state index in [0.717, 1.165) is 16.0 Å². The molecule has 1 N–H and O–H groups in total. The summed E-state index contributed by atoms with van der Waals surface area (Å²) >= 11 is 1.34. The van der Waals surface area contributed by atoms with Crippen LogP contribution in [0.4, 0.5) is 0 Å². The highest BCUT2D eigenvalue weighted by Gasteiger charge is 2.22. The lowest BCUT2D eigenvalue weighted by Crippen LogP contribution is -2.34. The Morgan fingerprint density at radius 2 is 1.85 bits per heavy atom. The Kier molecular flexibility index (Phi) is 5.96. The van der Waals surface area contributed by atoms with Gasteiger partial charge in [-0.1, -0.05) is 42.7 Å². The Balaban J connectivity index is 1.70. The lowest BCUT2D eigenvalue weighted by Gasteiger charge is -2.15. The number of aromatic nitrogens is 1. The topological polar surface area (TPSA) is 60.3 Å². The summed E-state index contributed by atoms with van der Waals surface area (Å²) in [5.41, 5.74) is 0.880. The molecule has 0 saturated heterocycles. The third-order valence-corrected chi connectivity index (χ3v) is 5.42. The van der Waals surface area contributed by atoms with Crippen LogP contribution in [0.15, 0.2) is 53.3 Å². The number of nitrogens with one attached hydrogen (secondary N) is 1. The van der Waals surface area contributed by atoms with Gasteiger partial charge in [0.05, 0.1) is 16.2 Å². The van der Waals surface area contributed by atoms with Gasteiger partial charge in [-0.05, 0) is 50.1 Å². The van der Waals surface area contributed by atoms with Gasteiger partial charge < -0.3 is 10.1 Å². The van der Waals surface area contributed by atoms with E-state index in [1.807, 2.05) is 63.2 Å². The molecule has 0 aliphatic heterocycles. The number of benzene rings is 2. The number of amides is 1. The van der Waals surface area contributed by atoms with Gasteiger partial charge in [-0.15, -0.1) is 0 Å². The van der Waals surface area contributed by atoms with E-state index in [1.165, 1.54) is 11.5 Å². The van der Waals surface area contributed by atoms with Crippen LogP contribution in [-0.2, 0) is 11.3 Å². The van der Waals surface area contributed by atoms with Crippen LogP contribution in [0.5, 0.6) is 5.75 Å². The molecular weight excluding hydrogens is 360 g/mol. The van der Waals surface area contributed by atoms with Crippen LogP contribution in [0.25, 0.3) is 10.1 Å². The maximum Gasteiger partial charge on any atom is 0.269 e. The molecule has 0 unspecified atom stereocenters. The van der Waals surface area contributed by atoms with Crippen molar-refractivity contribution in [2.75, 3.05) is 0 Å². The van der Waals surface area contributed by atoms with Crippen LogP contribution in [-0.4, -0.2) is 16.0 Å². The number of carbonyl (C=O) groups is 1. The quantitative estimate of drug-likeness (QED) is 0.667. The van der Waals surface area contributed by atoms with Crippen LogP contribution in [0.3, 0.4) is 0 Å². The fraction of sp³-hybridized carbons (Fsp3) is 0.333. The van der Waals surface area contributed by atoms with Gasteiger partial charge in [-0.25, -0.2) is 0 Å². The molecule has 1 aromatic heterocycles. The minimum Gasteiger partial charge on any atom is -0.491 e. The van der Waals surface area contributed by atoms with E-state index < -0.39 is 6.04 Å². The average molecular weight is 385 g/mol. The first kappa shape index (κ1) is 19.2. The first-order chi connectivity index (χ1) is 13.0. The van der Waals surface area contributed by atoms with Gasteiger partial charge in [0, 0.05) is 6.54 Å². The van der Waals surface area contributed by atoms with Crippen molar-refractivity contribution in [3.63, 3.8) is 0 Å². The van der Waals surface area contributed by atoms with Gasteiger partial charge in [0.1, 0.15) is 11.8 Å². The fourth-order valence-electron chi connectivity index (χ4n) is 2.92. The molecule has 0 aliphatic carbocycles. The van der Waals surface area contributed by atoms with Crippen molar-refractivity contribution in [3.8, 4) is 5.75 Å². The average Bonchev–Trinajstić information content (AvgIpc) is 2.98. The van der Waals surface area contributed by atoms with Crippen LogP contribution in [0.2, 0.25) is 0 Å². The fourth-order valence-corrected chi connectivity index (χ4v) is 4.08. The minimum atomic E-state index is -0.501. The minimum absolute atomic E-state index is 0.104. The summed E-state index contributed by atoms with van der Waals surface area (Å²) in [5.74, 6) is 0.664. The van der Waals surface area contributed by atoms with E-state index in [-0.39, 0.29) is 17.6 Å². The highest BCUT2D eigenvalue weighted by atomic mass is 32.1. The van der Waals surface area contributed by atoms with Gasteiger partial charge >= 0.3 is 0 Å². The number of rotatable bonds is 7. The maximum absolute atomic E-state index is 12.7. The number of ether oxygens (including phenoxy) is 1. The Hall–Kier alpha value is -2.60. The number of hydrogen-bond acceptors (Lipinski definition) is 4. The molecule has 0 bridgehead atoms. The first-order valence-electron chi connectivity index (χ1n) is 9.13. The Morgan fingerprint density at radius 1 is 1.15 bits per heavy atom. The van der Waals surface area contributed by atoms with Crippen LogP contribution in [0.1, 0.15) is 38.8 Å². The molecule has 5 nitrogen and oxygen atoms in total. The van der Waals surface area contributed by atoms with Gasteiger partial charge in [0.2, 0.25) is 5.91 Å². The zero-order valence-corrected chi connectivity index (χ0v) is 16.6. The number of carbonyl (C=O) groups excluding carboxylic acids is 1.